The average Bonchev–Trinajstić information content (AvgIpc) is 3.15. The number of ketones is 1. The van der Waals surface area contributed by atoms with E-state index in [9.17, 15) is 29.6 Å². The van der Waals surface area contributed by atoms with Gasteiger partial charge >= 0.3 is 17.8 Å². The van der Waals surface area contributed by atoms with Crippen LogP contribution < -0.4 is 0 Å². The first kappa shape index (κ1) is 23.1. The van der Waals surface area contributed by atoms with Gasteiger partial charge < -0.3 is 29.3 Å². The number of methoxy groups -OCH3 is 2. The molecule has 1 aliphatic carbocycles. The second-order valence-electron chi connectivity index (χ2n) is 7.85. The van der Waals surface area contributed by atoms with E-state index >= 15 is 0 Å². The molecular weight excluding hydrogens is 422 g/mol. The molecule has 0 spiro atoms. The minimum Gasteiger partial charge on any atom is -0.469 e. The normalized spacial score (nSPS) is 25.2. The van der Waals surface area contributed by atoms with Crippen LogP contribution in [-0.2, 0) is 30.4 Å². The molecule has 1 aliphatic rings. The summed E-state index contributed by atoms with van der Waals surface area (Å²) in [6, 6.07) is 8.94. The van der Waals surface area contributed by atoms with E-state index in [1.54, 1.807) is 30.3 Å². The van der Waals surface area contributed by atoms with Gasteiger partial charge in [0.15, 0.2) is 5.78 Å². The lowest BCUT2D eigenvalue weighted by molar-refractivity contribution is -0.390. The number of carbonyl (C=O) groups excluding carboxylic acids is 3. The van der Waals surface area contributed by atoms with Crippen molar-refractivity contribution in [1.82, 2.24) is 9.55 Å². The molecule has 2 aromatic rings. The number of aliphatic hydroxyl groups is 1. The van der Waals surface area contributed by atoms with Crippen molar-refractivity contribution in [3.63, 3.8) is 0 Å². The number of hydrogen-bond donors (Lipinski definition) is 1. The fourth-order valence-corrected chi connectivity index (χ4v) is 4.37. The van der Waals surface area contributed by atoms with Crippen molar-refractivity contribution < 1.29 is 33.9 Å². The van der Waals surface area contributed by atoms with E-state index in [1.807, 2.05) is 0 Å². The molecule has 0 aliphatic heterocycles. The number of aromatic nitrogens is 2. The standard InChI is InChI=1S/C21H23N3O8/c1-21(28)9-13(25)14(19(26)31-2)15(16(21)20(27)32-3)17-18(24(29)30)22-11-23(17)10-12-7-5-4-6-8-12/h4-8,11,14-16,28H,9-10H2,1-3H3/t14-,15+,16+,21+/m1/s1. The third kappa shape index (κ3) is 4.11. The highest BCUT2D eigenvalue weighted by Crippen LogP contribution is 2.48. The van der Waals surface area contributed by atoms with Crippen molar-refractivity contribution in [3.05, 3.63) is 58.0 Å². The SMILES string of the molecule is COC(=O)[C@@H]1C(=O)C[C@](C)(O)[C@H](C(=O)OC)[C@H]1c1c([N+](=O)[O-])ncn1Cc1ccccc1. The molecule has 0 amide bonds. The Labute approximate surface area is 183 Å². The van der Waals surface area contributed by atoms with Crippen molar-refractivity contribution in [1.29, 1.82) is 0 Å². The fraction of sp³-hybridized carbons (Fsp3) is 0.429. The summed E-state index contributed by atoms with van der Waals surface area (Å²) in [5.41, 5.74) is -1.30. The molecule has 1 N–H and O–H groups in total. The van der Waals surface area contributed by atoms with Crippen LogP contribution >= 0.6 is 0 Å². The van der Waals surface area contributed by atoms with Crippen LogP contribution in [0.5, 0.6) is 0 Å². The van der Waals surface area contributed by atoms with Crippen molar-refractivity contribution in [2.75, 3.05) is 14.2 Å². The molecule has 4 atom stereocenters. The Morgan fingerprint density at radius 2 is 1.88 bits per heavy atom. The van der Waals surface area contributed by atoms with Crippen LogP contribution in [0.15, 0.2) is 36.7 Å². The second kappa shape index (κ2) is 8.87. The molecular formula is C21H23N3O8. The summed E-state index contributed by atoms with van der Waals surface area (Å²) in [5, 5.41) is 22.8. The van der Waals surface area contributed by atoms with Gasteiger partial charge in [-0.2, -0.15) is 0 Å². The van der Waals surface area contributed by atoms with E-state index in [2.05, 4.69) is 4.98 Å². The van der Waals surface area contributed by atoms with E-state index in [0.29, 0.717) is 0 Å². The smallest absolute Gasteiger partial charge is 0.385 e. The molecule has 1 aromatic heterocycles. The number of rotatable bonds is 6. The van der Waals surface area contributed by atoms with Crippen LogP contribution in [0.3, 0.4) is 0 Å². The molecule has 1 fully saturated rings. The van der Waals surface area contributed by atoms with Crippen molar-refractivity contribution in [3.8, 4) is 0 Å². The molecule has 32 heavy (non-hydrogen) atoms. The molecule has 11 heteroatoms. The van der Waals surface area contributed by atoms with Gasteiger partial charge in [-0.1, -0.05) is 30.3 Å². The first-order chi connectivity index (χ1) is 15.1. The van der Waals surface area contributed by atoms with Gasteiger partial charge in [-0.25, -0.2) is 0 Å². The van der Waals surface area contributed by atoms with Crippen LogP contribution in [0.1, 0.15) is 30.5 Å². The minimum atomic E-state index is -1.92. The number of carbonyl (C=O) groups is 3. The third-order valence-electron chi connectivity index (χ3n) is 5.72. The van der Waals surface area contributed by atoms with Gasteiger partial charge in [0.1, 0.15) is 11.6 Å². The number of hydrogen-bond acceptors (Lipinski definition) is 9. The van der Waals surface area contributed by atoms with Gasteiger partial charge in [0.25, 0.3) is 0 Å². The fourth-order valence-electron chi connectivity index (χ4n) is 4.37. The third-order valence-corrected chi connectivity index (χ3v) is 5.72. The Morgan fingerprint density at radius 3 is 2.44 bits per heavy atom. The molecule has 1 aromatic carbocycles. The number of nitrogens with zero attached hydrogens (tertiary/aromatic N) is 3. The Balaban J connectivity index is 2.28. The molecule has 0 bridgehead atoms. The maximum Gasteiger partial charge on any atom is 0.385 e. The van der Waals surface area contributed by atoms with Crippen LogP contribution in [0.25, 0.3) is 0 Å². The summed E-state index contributed by atoms with van der Waals surface area (Å²) >= 11 is 0. The summed E-state index contributed by atoms with van der Waals surface area (Å²) in [6.45, 7) is 1.38. The summed E-state index contributed by atoms with van der Waals surface area (Å²) in [7, 11) is 2.16. The van der Waals surface area contributed by atoms with Gasteiger partial charge in [0, 0.05) is 12.3 Å². The minimum absolute atomic E-state index is 0.117. The molecule has 170 valence electrons. The van der Waals surface area contributed by atoms with Crippen LogP contribution in [0, 0.1) is 22.0 Å². The first-order valence-electron chi connectivity index (χ1n) is 9.76. The zero-order chi connectivity index (χ0) is 23.6. The molecule has 0 radical (unpaired) electrons. The van der Waals surface area contributed by atoms with E-state index < -0.39 is 58.2 Å². The average molecular weight is 445 g/mol. The van der Waals surface area contributed by atoms with E-state index in [4.69, 9.17) is 9.47 Å². The Morgan fingerprint density at radius 1 is 1.25 bits per heavy atom. The quantitative estimate of drug-likeness (QED) is 0.299. The predicted octanol–water partition coefficient (Wildman–Crippen LogP) is 1.23. The lowest BCUT2D eigenvalue weighted by Crippen LogP contribution is -2.55. The maximum absolute atomic E-state index is 12.9. The summed E-state index contributed by atoms with van der Waals surface area (Å²) in [5.74, 6) is -7.66. The summed E-state index contributed by atoms with van der Waals surface area (Å²) < 4.78 is 11.0. The van der Waals surface area contributed by atoms with Gasteiger partial charge in [-0.3, -0.25) is 14.4 Å². The van der Waals surface area contributed by atoms with Crippen molar-refractivity contribution >= 4 is 23.5 Å². The molecule has 3 rings (SSSR count). The topological polar surface area (TPSA) is 151 Å². The first-order valence-corrected chi connectivity index (χ1v) is 9.76. The number of ether oxygens (including phenoxy) is 2. The number of nitro groups is 1. The summed E-state index contributed by atoms with van der Waals surface area (Å²) in [4.78, 5) is 53.2. The van der Waals surface area contributed by atoms with Gasteiger partial charge in [-0.15, -0.1) is 0 Å². The monoisotopic (exact) mass is 445 g/mol. The lowest BCUT2D eigenvalue weighted by Gasteiger charge is -2.42. The molecule has 1 saturated carbocycles. The predicted molar refractivity (Wildman–Crippen MR) is 108 cm³/mol. The van der Waals surface area contributed by atoms with Crippen molar-refractivity contribution in [2.24, 2.45) is 11.8 Å². The molecule has 1 heterocycles. The number of esters is 2. The van der Waals surface area contributed by atoms with Gasteiger partial charge in [0.2, 0.25) is 6.33 Å². The van der Waals surface area contributed by atoms with E-state index in [1.165, 1.54) is 17.8 Å². The van der Waals surface area contributed by atoms with E-state index in [-0.39, 0.29) is 12.2 Å². The maximum atomic E-state index is 12.9. The van der Waals surface area contributed by atoms with Gasteiger partial charge in [0.05, 0.1) is 32.3 Å². The van der Waals surface area contributed by atoms with E-state index in [0.717, 1.165) is 19.8 Å². The number of imidazole rings is 1. The van der Waals surface area contributed by atoms with Crippen LogP contribution in [-0.4, -0.2) is 57.1 Å². The Hall–Kier alpha value is -3.60. The Bertz CT molecular complexity index is 1050. The largest absolute Gasteiger partial charge is 0.469 e. The molecule has 0 unspecified atom stereocenters. The highest BCUT2D eigenvalue weighted by atomic mass is 16.6. The van der Waals surface area contributed by atoms with Crippen LogP contribution in [0.4, 0.5) is 5.82 Å². The number of benzene rings is 1. The molecule has 11 nitrogen and oxygen atoms in total. The zero-order valence-corrected chi connectivity index (χ0v) is 17.8. The van der Waals surface area contributed by atoms with Crippen molar-refractivity contribution in [2.45, 2.75) is 31.4 Å². The molecule has 0 saturated heterocycles. The highest BCUT2D eigenvalue weighted by molar-refractivity contribution is 6.02. The van der Waals surface area contributed by atoms with Gasteiger partial charge in [-0.05, 0) is 22.4 Å². The summed E-state index contributed by atoms with van der Waals surface area (Å²) in [6.07, 6.45) is 0.681. The zero-order valence-electron chi connectivity index (χ0n) is 17.8. The lowest BCUT2D eigenvalue weighted by atomic mass is 9.62. The number of Topliss-reactive ketones (excluding diaryl/α,β-unsaturated/α-hetero) is 1. The Kier molecular flexibility index (Phi) is 6.40. The van der Waals surface area contributed by atoms with Crippen LogP contribution in [0.2, 0.25) is 0 Å². The second-order valence-corrected chi connectivity index (χ2v) is 7.85. The highest BCUT2D eigenvalue weighted by Gasteiger charge is 2.59.